The fourth-order valence-electron chi connectivity index (χ4n) is 1.89. The summed E-state index contributed by atoms with van der Waals surface area (Å²) < 4.78 is 50.1. The molecule has 0 amide bonds. The molecule has 0 aliphatic heterocycles. The molecule has 1 aromatic carbocycles. The Morgan fingerprint density at radius 1 is 1.22 bits per heavy atom. The number of rotatable bonds is 7. The summed E-state index contributed by atoms with van der Waals surface area (Å²) >= 11 is 0. The minimum atomic E-state index is -4.70. The Bertz CT molecular complexity index is 643. The molecule has 0 radical (unpaired) electrons. The van der Waals surface area contributed by atoms with E-state index in [1.165, 1.54) is 0 Å². The maximum Gasteiger partial charge on any atom is 0.416 e. The molecule has 0 aliphatic rings. The Hall–Kier alpha value is -1.86. The second-order valence-corrected chi connectivity index (χ2v) is 7.18. The molecule has 23 heavy (non-hydrogen) atoms. The van der Waals surface area contributed by atoms with Crippen LogP contribution in [-0.4, -0.2) is 33.2 Å². The van der Waals surface area contributed by atoms with Crippen LogP contribution in [0.4, 0.5) is 13.2 Å². The van der Waals surface area contributed by atoms with Crippen LogP contribution in [0, 0.1) is 5.92 Å². The van der Waals surface area contributed by atoms with Crippen LogP contribution in [0.1, 0.15) is 18.4 Å². The highest BCUT2D eigenvalue weighted by molar-refractivity contribution is 7.66. The summed E-state index contributed by atoms with van der Waals surface area (Å²) in [6, 6.07) is 3.18. The molecule has 1 aromatic rings. The quantitative estimate of drug-likeness (QED) is 0.647. The molecule has 0 fully saturated rings. The monoisotopic (exact) mass is 354 g/mol. The van der Waals surface area contributed by atoms with Gasteiger partial charge in [0.15, 0.2) is 0 Å². The molecule has 128 valence electrons. The Kier molecular flexibility index (Phi) is 5.96. The zero-order valence-corrected chi connectivity index (χ0v) is 12.5. The van der Waals surface area contributed by atoms with Gasteiger partial charge in [0.1, 0.15) is 0 Å². The molecule has 10 heteroatoms. The Balaban J connectivity index is 3.03. The summed E-state index contributed by atoms with van der Waals surface area (Å²) in [5.74, 6) is -4.20. The molecular weight excluding hydrogens is 340 g/mol. The summed E-state index contributed by atoms with van der Waals surface area (Å²) in [7, 11) is -4.39. The number of carboxylic acids is 2. The Morgan fingerprint density at radius 3 is 2.30 bits per heavy atom. The summed E-state index contributed by atoms with van der Waals surface area (Å²) in [5.41, 5.74) is -1.12. The van der Waals surface area contributed by atoms with Gasteiger partial charge in [-0.15, -0.1) is 0 Å². The normalized spacial score (nSPS) is 15.7. The van der Waals surface area contributed by atoms with E-state index < -0.39 is 61.3 Å². The first-order valence-corrected chi connectivity index (χ1v) is 8.22. The van der Waals surface area contributed by atoms with E-state index in [0.29, 0.717) is 6.07 Å². The smallest absolute Gasteiger partial charge is 0.416 e. The van der Waals surface area contributed by atoms with E-state index in [-0.39, 0.29) is 0 Å². The van der Waals surface area contributed by atoms with E-state index in [2.05, 4.69) is 0 Å². The lowest BCUT2D eigenvalue weighted by molar-refractivity contribution is -0.142. The molecule has 0 aromatic heterocycles. The lowest BCUT2D eigenvalue weighted by Crippen LogP contribution is -2.23. The van der Waals surface area contributed by atoms with Crippen molar-refractivity contribution in [1.82, 2.24) is 0 Å². The molecule has 0 saturated heterocycles. The maximum atomic E-state index is 12.6. The van der Waals surface area contributed by atoms with Gasteiger partial charge >= 0.3 is 18.1 Å². The third-order valence-corrected chi connectivity index (χ3v) is 5.12. The van der Waals surface area contributed by atoms with Gasteiger partial charge in [0.05, 0.1) is 11.5 Å². The molecule has 2 unspecified atom stereocenters. The minimum Gasteiger partial charge on any atom is -0.481 e. The summed E-state index contributed by atoms with van der Waals surface area (Å²) in [6.07, 6.45) is -6.46. The molecule has 0 heterocycles. The van der Waals surface area contributed by atoms with Gasteiger partial charge in [0, 0.05) is 17.9 Å². The molecule has 6 nitrogen and oxygen atoms in total. The predicted molar refractivity (Wildman–Crippen MR) is 73.8 cm³/mol. The number of halogens is 3. The first kappa shape index (κ1) is 19.2. The number of benzene rings is 1. The van der Waals surface area contributed by atoms with Crippen LogP contribution >= 0.6 is 7.37 Å². The van der Waals surface area contributed by atoms with E-state index in [4.69, 9.17) is 10.2 Å². The minimum absolute atomic E-state index is 0.395. The third kappa shape index (κ3) is 5.69. The van der Waals surface area contributed by atoms with Crippen molar-refractivity contribution < 1.29 is 42.4 Å². The Labute approximate surface area is 129 Å². The van der Waals surface area contributed by atoms with Gasteiger partial charge in [-0.2, -0.15) is 13.2 Å². The fourth-order valence-corrected chi connectivity index (χ4v) is 3.70. The van der Waals surface area contributed by atoms with Crippen molar-refractivity contribution in [1.29, 1.82) is 0 Å². The van der Waals surface area contributed by atoms with Crippen molar-refractivity contribution >= 4 is 24.6 Å². The van der Waals surface area contributed by atoms with Crippen LogP contribution in [0.5, 0.6) is 0 Å². The average molecular weight is 354 g/mol. The van der Waals surface area contributed by atoms with E-state index in [0.717, 1.165) is 18.2 Å². The summed E-state index contributed by atoms with van der Waals surface area (Å²) in [4.78, 5) is 31.4. The van der Waals surface area contributed by atoms with E-state index in [9.17, 15) is 32.2 Å². The van der Waals surface area contributed by atoms with Gasteiger partial charge in [-0.3, -0.25) is 14.2 Å². The van der Waals surface area contributed by atoms with Gasteiger partial charge < -0.3 is 15.1 Å². The number of alkyl halides is 3. The van der Waals surface area contributed by atoms with Crippen molar-refractivity contribution in [3.8, 4) is 0 Å². The van der Waals surface area contributed by atoms with Crippen LogP contribution in [0.15, 0.2) is 24.3 Å². The zero-order valence-electron chi connectivity index (χ0n) is 11.7. The largest absolute Gasteiger partial charge is 0.481 e. The van der Waals surface area contributed by atoms with Gasteiger partial charge in [0.2, 0.25) is 7.37 Å². The molecular formula is C13H14F3O6P. The lowest BCUT2D eigenvalue weighted by Gasteiger charge is -2.18. The second kappa shape index (κ2) is 7.14. The average Bonchev–Trinajstić information content (AvgIpc) is 2.42. The van der Waals surface area contributed by atoms with Crippen LogP contribution in [0.3, 0.4) is 0 Å². The molecule has 0 bridgehead atoms. The molecule has 3 N–H and O–H groups in total. The first-order chi connectivity index (χ1) is 10.4. The van der Waals surface area contributed by atoms with Crippen molar-refractivity contribution in [2.45, 2.75) is 19.0 Å². The first-order valence-electron chi connectivity index (χ1n) is 6.37. The highest BCUT2D eigenvalue weighted by atomic mass is 31.2. The summed E-state index contributed by atoms with van der Waals surface area (Å²) in [5, 5.41) is 17.0. The highest BCUT2D eigenvalue weighted by Crippen LogP contribution is 2.43. The van der Waals surface area contributed by atoms with Crippen molar-refractivity contribution in [3.63, 3.8) is 0 Å². The van der Waals surface area contributed by atoms with E-state index in [1.54, 1.807) is 0 Å². The van der Waals surface area contributed by atoms with Gasteiger partial charge in [-0.05, 0) is 24.6 Å². The summed E-state index contributed by atoms with van der Waals surface area (Å²) in [6.45, 7) is 0. The molecule has 0 spiro atoms. The fraction of sp³-hybridized carbons (Fsp3) is 0.385. The predicted octanol–water partition coefficient (Wildman–Crippen LogP) is 2.17. The highest BCUT2D eigenvalue weighted by Gasteiger charge is 2.34. The van der Waals surface area contributed by atoms with Crippen molar-refractivity contribution in [2.24, 2.45) is 5.92 Å². The SMILES string of the molecule is O=C(O)CCC(CP(=O)(O)c1cccc(C(F)(F)F)c1)C(=O)O. The Morgan fingerprint density at radius 2 is 1.83 bits per heavy atom. The van der Waals surface area contributed by atoms with Crippen LogP contribution in [0.25, 0.3) is 0 Å². The molecule has 1 rings (SSSR count). The van der Waals surface area contributed by atoms with Crippen molar-refractivity contribution in [3.05, 3.63) is 29.8 Å². The number of aliphatic carboxylic acids is 2. The van der Waals surface area contributed by atoms with Crippen LogP contribution in [-0.2, 0) is 20.3 Å². The van der Waals surface area contributed by atoms with Gasteiger partial charge in [-0.1, -0.05) is 6.07 Å². The van der Waals surface area contributed by atoms with Crippen LogP contribution in [0.2, 0.25) is 0 Å². The van der Waals surface area contributed by atoms with E-state index in [1.807, 2.05) is 0 Å². The number of hydrogen-bond acceptors (Lipinski definition) is 3. The van der Waals surface area contributed by atoms with E-state index >= 15 is 0 Å². The van der Waals surface area contributed by atoms with Gasteiger partial charge in [0.25, 0.3) is 0 Å². The maximum absolute atomic E-state index is 12.6. The van der Waals surface area contributed by atoms with Crippen molar-refractivity contribution in [2.75, 3.05) is 6.16 Å². The topological polar surface area (TPSA) is 112 Å². The molecule has 0 saturated carbocycles. The third-order valence-electron chi connectivity index (χ3n) is 3.10. The number of carbonyl (C=O) groups is 2. The number of hydrogen-bond donors (Lipinski definition) is 3. The standard InChI is InChI=1S/C13H14F3O6P/c14-13(15,16)9-2-1-3-10(6-9)23(21,22)7-8(12(19)20)4-5-11(17)18/h1-3,6,8H,4-5,7H2,(H,17,18)(H,19,20)(H,21,22). The van der Waals surface area contributed by atoms with Gasteiger partial charge in [-0.25, -0.2) is 0 Å². The van der Waals surface area contributed by atoms with Crippen LogP contribution < -0.4 is 5.30 Å². The molecule has 2 atom stereocenters. The molecule has 0 aliphatic carbocycles. The lowest BCUT2D eigenvalue weighted by atomic mass is 10.1. The zero-order chi connectivity index (χ0) is 17.8. The second-order valence-electron chi connectivity index (χ2n) is 4.90. The number of carboxylic acid groups (broad SMARTS) is 2.